The topological polar surface area (TPSA) is 88.1 Å². The molecule has 7 nitrogen and oxygen atoms in total. The lowest BCUT2D eigenvalue weighted by Crippen LogP contribution is -2.31. The van der Waals surface area contributed by atoms with E-state index in [1.54, 1.807) is 12.4 Å². The predicted molar refractivity (Wildman–Crippen MR) is 91.5 cm³/mol. The summed E-state index contributed by atoms with van der Waals surface area (Å²) in [7, 11) is 0. The van der Waals surface area contributed by atoms with Crippen molar-refractivity contribution < 1.29 is 9.59 Å². The molecule has 1 unspecified atom stereocenters. The average molecular weight is 339 g/mol. The van der Waals surface area contributed by atoms with Gasteiger partial charge in [0.15, 0.2) is 0 Å². The van der Waals surface area contributed by atoms with Crippen molar-refractivity contribution in [2.75, 3.05) is 6.54 Å². The minimum atomic E-state index is -0.102. The average Bonchev–Trinajstić information content (AvgIpc) is 3.10. The van der Waals surface area contributed by atoms with Crippen LogP contribution < -0.4 is 5.32 Å². The first-order valence-corrected chi connectivity index (χ1v) is 8.33. The minimum Gasteiger partial charge on any atom is -0.351 e. The zero-order chi connectivity index (χ0) is 17.8. The maximum atomic E-state index is 12.8. The number of nitrogens with zero attached hydrogens (tertiary/aromatic N) is 4. The maximum Gasteiger partial charge on any atom is 0.274 e. The van der Waals surface area contributed by atoms with E-state index < -0.39 is 0 Å². The van der Waals surface area contributed by atoms with Gasteiger partial charge in [0, 0.05) is 25.9 Å². The molecule has 1 N–H and O–H groups in total. The number of carbonyl (C=O) groups excluding carboxylic acids is 2. The van der Waals surface area contributed by atoms with Gasteiger partial charge in [-0.2, -0.15) is 0 Å². The Kier molecular flexibility index (Phi) is 5.02. The van der Waals surface area contributed by atoms with Crippen LogP contribution in [0, 0.1) is 6.92 Å². The van der Waals surface area contributed by atoms with Crippen LogP contribution in [0.5, 0.6) is 0 Å². The van der Waals surface area contributed by atoms with Crippen molar-refractivity contribution >= 4 is 11.8 Å². The monoisotopic (exact) mass is 339 g/mol. The normalized spacial score (nSPS) is 16.7. The number of pyridine rings is 1. The molecule has 1 saturated heterocycles. The van der Waals surface area contributed by atoms with E-state index in [0.717, 1.165) is 29.8 Å². The highest BCUT2D eigenvalue weighted by Crippen LogP contribution is 2.32. The number of hydrogen-bond donors (Lipinski definition) is 1. The van der Waals surface area contributed by atoms with E-state index in [9.17, 15) is 9.59 Å². The zero-order valence-corrected chi connectivity index (χ0v) is 14.4. The summed E-state index contributed by atoms with van der Waals surface area (Å²) in [6.45, 7) is 4.40. The number of likely N-dealkylation sites (tertiary alicyclic amines) is 1. The molecule has 130 valence electrons. The predicted octanol–water partition coefficient (Wildman–Crippen LogP) is 1.79. The van der Waals surface area contributed by atoms with Crippen LogP contribution >= 0.6 is 0 Å². The molecule has 1 aliphatic heterocycles. The first-order chi connectivity index (χ1) is 12.0. The molecule has 7 heteroatoms. The molecule has 0 bridgehead atoms. The highest BCUT2D eigenvalue weighted by Gasteiger charge is 2.31. The van der Waals surface area contributed by atoms with Gasteiger partial charge in [-0.15, -0.1) is 0 Å². The molecule has 1 aliphatic rings. The Balaban J connectivity index is 1.79. The zero-order valence-electron chi connectivity index (χ0n) is 14.4. The first kappa shape index (κ1) is 17.0. The van der Waals surface area contributed by atoms with E-state index in [1.165, 1.54) is 13.1 Å². The summed E-state index contributed by atoms with van der Waals surface area (Å²) in [4.78, 5) is 38.4. The third-order valence-electron chi connectivity index (χ3n) is 4.26. The summed E-state index contributed by atoms with van der Waals surface area (Å²) in [5.74, 6) is -0.196. The second kappa shape index (κ2) is 7.38. The summed E-state index contributed by atoms with van der Waals surface area (Å²) in [6.07, 6.45) is 6.70. The molecule has 3 rings (SSSR count). The van der Waals surface area contributed by atoms with Gasteiger partial charge in [-0.25, -0.2) is 4.98 Å². The van der Waals surface area contributed by atoms with Crippen molar-refractivity contribution in [1.82, 2.24) is 25.2 Å². The molecular formula is C18H21N5O2. The Morgan fingerprint density at radius 1 is 1.28 bits per heavy atom. The number of amides is 2. The van der Waals surface area contributed by atoms with Crippen LogP contribution in [0.1, 0.15) is 53.2 Å². The minimum absolute atomic E-state index is 0.00492. The molecule has 3 heterocycles. The van der Waals surface area contributed by atoms with Crippen LogP contribution in [0.15, 0.2) is 30.7 Å². The highest BCUT2D eigenvalue weighted by molar-refractivity contribution is 5.92. The molecule has 0 radical (unpaired) electrons. The van der Waals surface area contributed by atoms with Crippen LogP contribution in [0.3, 0.4) is 0 Å². The van der Waals surface area contributed by atoms with E-state index in [2.05, 4.69) is 20.3 Å². The molecule has 25 heavy (non-hydrogen) atoms. The third-order valence-corrected chi connectivity index (χ3v) is 4.26. The smallest absolute Gasteiger partial charge is 0.274 e. The van der Waals surface area contributed by atoms with Crippen LogP contribution in [0.2, 0.25) is 0 Å². The molecule has 1 fully saturated rings. The van der Waals surface area contributed by atoms with Crippen molar-refractivity contribution in [1.29, 1.82) is 0 Å². The molecule has 1 atom stereocenters. The van der Waals surface area contributed by atoms with Gasteiger partial charge >= 0.3 is 0 Å². The van der Waals surface area contributed by atoms with Gasteiger partial charge < -0.3 is 10.2 Å². The summed E-state index contributed by atoms with van der Waals surface area (Å²) < 4.78 is 0. The van der Waals surface area contributed by atoms with Crippen LogP contribution in [0.25, 0.3) is 0 Å². The van der Waals surface area contributed by atoms with Crippen molar-refractivity contribution in [3.63, 3.8) is 0 Å². The Hall–Kier alpha value is -2.83. The van der Waals surface area contributed by atoms with Crippen LogP contribution in [-0.2, 0) is 11.3 Å². The van der Waals surface area contributed by atoms with Gasteiger partial charge in [0.2, 0.25) is 5.91 Å². The second-order valence-corrected chi connectivity index (χ2v) is 6.19. The number of rotatable bonds is 4. The molecule has 2 amide bonds. The van der Waals surface area contributed by atoms with Crippen LogP contribution in [-0.4, -0.2) is 38.2 Å². The Morgan fingerprint density at radius 3 is 2.84 bits per heavy atom. The van der Waals surface area contributed by atoms with Gasteiger partial charge in [0.25, 0.3) is 5.91 Å². The lowest BCUT2D eigenvalue weighted by Gasteiger charge is -2.25. The quantitative estimate of drug-likeness (QED) is 0.917. The second-order valence-electron chi connectivity index (χ2n) is 6.19. The van der Waals surface area contributed by atoms with E-state index >= 15 is 0 Å². The molecule has 2 aromatic rings. The largest absolute Gasteiger partial charge is 0.351 e. The van der Waals surface area contributed by atoms with Gasteiger partial charge in [-0.05, 0) is 37.5 Å². The van der Waals surface area contributed by atoms with Crippen LogP contribution in [0.4, 0.5) is 0 Å². The first-order valence-electron chi connectivity index (χ1n) is 8.33. The number of aromatic nitrogens is 3. The number of nitrogens with one attached hydrogen (secondary N) is 1. The van der Waals surface area contributed by atoms with E-state index in [0.29, 0.717) is 18.8 Å². The van der Waals surface area contributed by atoms with Crippen molar-refractivity contribution in [3.05, 3.63) is 53.4 Å². The van der Waals surface area contributed by atoms with Gasteiger partial charge in [-0.3, -0.25) is 19.6 Å². The van der Waals surface area contributed by atoms with Crippen molar-refractivity contribution in [2.45, 2.75) is 39.3 Å². The van der Waals surface area contributed by atoms with Gasteiger partial charge in [0.1, 0.15) is 5.69 Å². The van der Waals surface area contributed by atoms with Crippen molar-refractivity contribution in [3.8, 4) is 0 Å². The fourth-order valence-corrected chi connectivity index (χ4v) is 3.02. The Bertz CT molecular complexity index is 775. The fraction of sp³-hybridized carbons (Fsp3) is 0.389. The van der Waals surface area contributed by atoms with E-state index in [1.807, 2.05) is 24.0 Å². The summed E-state index contributed by atoms with van der Waals surface area (Å²) in [6, 6.07) is 3.87. The summed E-state index contributed by atoms with van der Waals surface area (Å²) >= 11 is 0. The summed E-state index contributed by atoms with van der Waals surface area (Å²) in [5.41, 5.74) is 2.96. The third kappa shape index (κ3) is 3.99. The standard InChI is InChI=1S/C18H21N5O2/c1-12-9-22-16(11-20-12)18(25)23-7-3-4-17(23)14-5-6-19-15(8-14)10-21-13(2)24/h5-6,8-9,11,17H,3-4,7,10H2,1-2H3,(H,21,24). The van der Waals surface area contributed by atoms with E-state index in [4.69, 9.17) is 0 Å². The number of aryl methyl sites for hydroxylation is 1. The van der Waals surface area contributed by atoms with Gasteiger partial charge in [-0.1, -0.05) is 0 Å². The molecule has 0 aromatic carbocycles. The lowest BCUT2D eigenvalue weighted by molar-refractivity contribution is -0.119. The molecule has 0 saturated carbocycles. The number of hydrogen-bond acceptors (Lipinski definition) is 5. The Morgan fingerprint density at radius 2 is 2.12 bits per heavy atom. The fourth-order valence-electron chi connectivity index (χ4n) is 3.02. The molecule has 0 spiro atoms. The maximum absolute atomic E-state index is 12.8. The van der Waals surface area contributed by atoms with Crippen molar-refractivity contribution in [2.24, 2.45) is 0 Å². The Labute approximate surface area is 146 Å². The van der Waals surface area contributed by atoms with E-state index in [-0.39, 0.29) is 17.9 Å². The summed E-state index contributed by atoms with van der Waals surface area (Å²) in [5, 5.41) is 2.74. The highest BCUT2D eigenvalue weighted by atomic mass is 16.2. The van der Waals surface area contributed by atoms with Gasteiger partial charge in [0.05, 0.1) is 30.2 Å². The molecular weight excluding hydrogens is 318 g/mol. The number of carbonyl (C=O) groups is 2. The SMILES string of the molecule is CC(=O)NCc1cc(C2CCCN2C(=O)c2cnc(C)cn2)ccn1. The lowest BCUT2D eigenvalue weighted by atomic mass is 10.0. The molecule has 2 aromatic heterocycles. The molecule has 0 aliphatic carbocycles.